The highest BCUT2D eigenvalue weighted by Gasteiger charge is 2.08. The highest BCUT2D eigenvalue weighted by atomic mass is 79.9. The van der Waals surface area contributed by atoms with Crippen molar-refractivity contribution in [2.45, 2.75) is 0 Å². The lowest BCUT2D eigenvalue weighted by atomic mass is 10.2. The van der Waals surface area contributed by atoms with Crippen LogP contribution in [0.5, 0.6) is 0 Å². The molecule has 4 nitrogen and oxygen atoms in total. The summed E-state index contributed by atoms with van der Waals surface area (Å²) in [6, 6.07) is 13.7. The number of aromatic nitrogens is 4. The summed E-state index contributed by atoms with van der Waals surface area (Å²) in [5, 5.41) is 8.06. The second-order valence-electron chi connectivity index (χ2n) is 3.72. The molecule has 18 heavy (non-hydrogen) atoms. The number of pyridine rings is 1. The quantitative estimate of drug-likeness (QED) is 0.730. The monoisotopic (exact) mass is 300 g/mol. The molecule has 0 aliphatic heterocycles. The van der Waals surface area contributed by atoms with Gasteiger partial charge in [0, 0.05) is 10.7 Å². The van der Waals surface area contributed by atoms with Crippen molar-refractivity contribution >= 4 is 15.9 Å². The first-order chi connectivity index (χ1) is 8.84. The van der Waals surface area contributed by atoms with Crippen molar-refractivity contribution in [2.75, 3.05) is 0 Å². The van der Waals surface area contributed by atoms with Crippen LogP contribution in [0.3, 0.4) is 0 Å². The van der Waals surface area contributed by atoms with E-state index in [0.717, 1.165) is 21.5 Å². The van der Waals surface area contributed by atoms with Crippen LogP contribution in [0.25, 0.3) is 17.1 Å². The van der Waals surface area contributed by atoms with Crippen LogP contribution in [0.1, 0.15) is 0 Å². The van der Waals surface area contributed by atoms with Crippen molar-refractivity contribution in [3.8, 4) is 17.1 Å². The summed E-state index contributed by atoms with van der Waals surface area (Å²) in [6.45, 7) is 0. The topological polar surface area (TPSA) is 43.6 Å². The van der Waals surface area contributed by atoms with Gasteiger partial charge in [0.2, 0.25) is 0 Å². The summed E-state index contributed by atoms with van der Waals surface area (Å²) in [5.41, 5.74) is 2.68. The largest absolute Gasteiger partial charge is 0.255 e. The molecule has 0 fully saturated rings. The summed E-state index contributed by atoms with van der Waals surface area (Å²) < 4.78 is 2.81. The summed E-state index contributed by atoms with van der Waals surface area (Å²) in [4.78, 5) is 4.31. The fourth-order valence-corrected chi connectivity index (χ4v) is 1.96. The first-order valence-corrected chi connectivity index (χ1v) is 6.22. The Labute approximate surface area is 112 Å². The zero-order chi connectivity index (χ0) is 12.4. The Kier molecular flexibility index (Phi) is 2.90. The lowest BCUT2D eigenvalue weighted by Gasteiger charge is -2.05. The average molecular weight is 301 g/mol. The van der Waals surface area contributed by atoms with Gasteiger partial charge in [-0.1, -0.05) is 27.2 Å². The van der Waals surface area contributed by atoms with E-state index in [1.165, 1.54) is 0 Å². The summed E-state index contributed by atoms with van der Waals surface area (Å²) in [6.07, 6.45) is 3.47. The minimum absolute atomic E-state index is 0.852. The van der Waals surface area contributed by atoms with E-state index >= 15 is 0 Å². The number of hydrogen-bond donors (Lipinski definition) is 0. The van der Waals surface area contributed by atoms with Crippen LogP contribution in [0.4, 0.5) is 0 Å². The highest BCUT2D eigenvalue weighted by molar-refractivity contribution is 9.10. The molecule has 3 rings (SSSR count). The van der Waals surface area contributed by atoms with Gasteiger partial charge in [0.25, 0.3) is 0 Å². The Hall–Kier alpha value is -2.01. The minimum atomic E-state index is 0.852. The maximum absolute atomic E-state index is 4.31. The van der Waals surface area contributed by atoms with Crippen molar-refractivity contribution in [3.05, 3.63) is 59.3 Å². The fourth-order valence-electron chi connectivity index (χ4n) is 1.70. The molecule has 0 N–H and O–H groups in total. The second kappa shape index (κ2) is 4.70. The lowest BCUT2D eigenvalue weighted by molar-refractivity contribution is 0.806. The van der Waals surface area contributed by atoms with Gasteiger partial charge in [-0.15, -0.1) is 5.10 Å². The van der Waals surface area contributed by atoms with Crippen LogP contribution < -0.4 is 0 Å². The van der Waals surface area contributed by atoms with E-state index in [-0.39, 0.29) is 0 Å². The van der Waals surface area contributed by atoms with Crippen molar-refractivity contribution in [1.29, 1.82) is 0 Å². The fraction of sp³-hybridized carbons (Fsp3) is 0. The molecule has 88 valence electrons. The Morgan fingerprint density at radius 2 is 1.83 bits per heavy atom. The predicted molar refractivity (Wildman–Crippen MR) is 72.3 cm³/mol. The van der Waals surface area contributed by atoms with Gasteiger partial charge >= 0.3 is 0 Å². The molecule has 0 aliphatic carbocycles. The number of nitrogens with zero attached hydrogens (tertiary/aromatic N) is 4. The molecule has 0 radical (unpaired) electrons. The molecule has 0 amide bonds. The van der Waals surface area contributed by atoms with E-state index in [1.807, 2.05) is 42.5 Å². The van der Waals surface area contributed by atoms with Gasteiger partial charge in [0.15, 0.2) is 0 Å². The van der Waals surface area contributed by atoms with Crippen LogP contribution in [0.2, 0.25) is 0 Å². The van der Waals surface area contributed by atoms with Gasteiger partial charge in [-0.3, -0.25) is 4.98 Å². The first-order valence-electron chi connectivity index (χ1n) is 5.42. The van der Waals surface area contributed by atoms with Gasteiger partial charge in [-0.25, -0.2) is 4.68 Å². The van der Waals surface area contributed by atoms with E-state index < -0.39 is 0 Å². The number of halogens is 1. The number of hydrogen-bond acceptors (Lipinski definition) is 3. The molecule has 2 heterocycles. The molecule has 3 aromatic rings. The Bertz CT molecular complexity index is 646. The van der Waals surface area contributed by atoms with Crippen molar-refractivity contribution in [2.24, 2.45) is 0 Å². The highest BCUT2D eigenvalue weighted by Crippen LogP contribution is 2.20. The van der Waals surface area contributed by atoms with Crippen LogP contribution in [-0.2, 0) is 0 Å². The van der Waals surface area contributed by atoms with E-state index in [0.29, 0.717) is 0 Å². The third kappa shape index (κ3) is 2.04. The Morgan fingerprint density at radius 1 is 1.00 bits per heavy atom. The number of rotatable bonds is 2. The summed E-state index contributed by atoms with van der Waals surface area (Å²) in [7, 11) is 0. The van der Waals surface area contributed by atoms with Crippen LogP contribution in [0, 0.1) is 0 Å². The SMILES string of the molecule is Brc1ccc(-n2nncc2-c2ccccn2)cc1. The van der Waals surface area contributed by atoms with Crippen LogP contribution in [-0.4, -0.2) is 20.0 Å². The van der Waals surface area contributed by atoms with E-state index in [1.54, 1.807) is 17.1 Å². The zero-order valence-electron chi connectivity index (χ0n) is 9.36. The van der Waals surface area contributed by atoms with Gasteiger partial charge in [0.05, 0.1) is 17.6 Å². The smallest absolute Gasteiger partial charge is 0.113 e. The van der Waals surface area contributed by atoms with Crippen LogP contribution >= 0.6 is 15.9 Å². The normalized spacial score (nSPS) is 10.5. The number of benzene rings is 1. The molecule has 2 aromatic heterocycles. The van der Waals surface area contributed by atoms with E-state index in [4.69, 9.17) is 0 Å². The molecule has 0 atom stereocenters. The van der Waals surface area contributed by atoms with Crippen molar-refractivity contribution < 1.29 is 0 Å². The molecule has 0 aliphatic rings. The summed E-state index contributed by atoms with van der Waals surface area (Å²) in [5.74, 6) is 0. The molecule has 1 aromatic carbocycles. The zero-order valence-corrected chi connectivity index (χ0v) is 10.9. The lowest BCUT2D eigenvalue weighted by Crippen LogP contribution is -1.99. The molecule has 0 unspecified atom stereocenters. The molecule has 0 saturated carbocycles. The van der Waals surface area contributed by atoms with Gasteiger partial charge < -0.3 is 0 Å². The third-order valence-corrected chi connectivity index (χ3v) is 3.08. The van der Waals surface area contributed by atoms with E-state index in [9.17, 15) is 0 Å². The summed E-state index contributed by atoms with van der Waals surface area (Å²) >= 11 is 3.41. The molecule has 0 spiro atoms. The maximum Gasteiger partial charge on any atom is 0.113 e. The third-order valence-electron chi connectivity index (χ3n) is 2.55. The van der Waals surface area contributed by atoms with Gasteiger partial charge in [0.1, 0.15) is 5.69 Å². The molecular formula is C13H9BrN4. The average Bonchev–Trinajstić information content (AvgIpc) is 2.90. The first kappa shape index (κ1) is 11.1. The molecule has 0 bridgehead atoms. The molecule has 0 saturated heterocycles. The predicted octanol–water partition coefficient (Wildman–Crippen LogP) is 3.09. The van der Waals surface area contributed by atoms with Gasteiger partial charge in [-0.05, 0) is 36.4 Å². The standard InChI is InChI=1S/C13H9BrN4/c14-10-4-6-11(7-5-10)18-13(9-16-17-18)12-3-1-2-8-15-12/h1-9H. The van der Waals surface area contributed by atoms with Crippen molar-refractivity contribution in [3.63, 3.8) is 0 Å². The van der Waals surface area contributed by atoms with E-state index in [2.05, 4.69) is 31.2 Å². The second-order valence-corrected chi connectivity index (χ2v) is 4.64. The molecular weight excluding hydrogens is 292 g/mol. The minimum Gasteiger partial charge on any atom is -0.255 e. The Morgan fingerprint density at radius 3 is 2.56 bits per heavy atom. The maximum atomic E-state index is 4.31. The van der Waals surface area contributed by atoms with Crippen LogP contribution in [0.15, 0.2) is 59.3 Å². The molecule has 5 heteroatoms. The van der Waals surface area contributed by atoms with Crippen molar-refractivity contribution in [1.82, 2.24) is 20.0 Å². The van der Waals surface area contributed by atoms with Gasteiger partial charge in [-0.2, -0.15) is 0 Å². The Balaban J connectivity index is 2.10.